The Morgan fingerprint density at radius 3 is 2.16 bits per heavy atom. The van der Waals surface area contributed by atoms with Crippen LogP contribution in [0.1, 0.15) is 33.3 Å². The SMILES string of the molecule is CC(C)N(N=N/C=C/C=C/c1ccccc1)C(C)C. The molecule has 0 aliphatic carbocycles. The van der Waals surface area contributed by atoms with Crippen LogP contribution in [0.25, 0.3) is 6.08 Å². The van der Waals surface area contributed by atoms with Gasteiger partial charge in [-0.15, -0.1) is 5.11 Å². The molecule has 0 atom stereocenters. The van der Waals surface area contributed by atoms with E-state index in [0.717, 1.165) is 0 Å². The zero-order valence-corrected chi connectivity index (χ0v) is 12.2. The Kier molecular flexibility index (Phi) is 6.58. The van der Waals surface area contributed by atoms with Crippen LogP contribution in [0, 0.1) is 0 Å². The minimum Gasteiger partial charge on any atom is -0.274 e. The van der Waals surface area contributed by atoms with Gasteiger partial charge in [0.2, 0.25) is 0 Å². The van der Waals surface area contributed by atoms with Crippen molar-refractivity contribution in [1.82, 2.24) is 5.01 Å². The molecule has 0 bridgehead atoms. The highest BCUT2D eigenvalue weighted by molar-refractivity contribution is 5.50. The summed E-state index contributed by atoms with van der Waals surface area (Å²) in [6, 6.07) is 10.9. The summed E-state index contributed by atoms with van der Waals surface area (Å²) in [6.45, 7) is 8.44. The molecular formula is C16H23N3. The lowest BCUT2D eigenvalue weighted by Gasteiger charge is -2.25. The molecule has 0 unspecified atom stereocenters. The Hall–Kier alpha value is -1.90. The van der Waals surface area contributed by atoms with Crippen LogP contribution in [0.4, 0.5) is 0 Å². The summed E-state index contributed by atoms with van der Waals surface area (Å²) in [4.78, 5) is 0. The van der Waals surface area contributed by atoms with Gasteiger partial charge in [0, 0.05) is 12.1 Å². The second-order valence-electron chi connectivity index (χ2n) is 4.88. The van der Waals surface area contributed by atoms with Crippen molar-refractivity contribution < 1.29 is 0 Å². The van der Waals surface area contributed by atoms with Gasteiger partial charge >= 0.3 is 0 Å². The first-order chi connectivity index (χ1) is 9.11. The molecule has 1 rings (SSSR count). The molecule has 0 spiro atoms. The first-order valence-electron chi connectivity index (χ1n) is 6.68. The van der Waals surface area contributed by atoms with E-state index in [1.165, 1.54) is 5.56 Å². The molecule has 0 N–H and O–H groups in total. The molecule has 0 radical (unpaired) electrons. The third-order valence-electron chi connectivity index (χ3n) is 2.57. The monoisotopic (exact) mass is 257 g/mol. The van der Waals surface area contributed by atoms with Crippen LogP contribution in [-0.2, 0) is 0 Å². The maximum atomic E-state index is 4.20. The Balaban J connectivity index is 2.47. The predicted octanol–water partition coefficient (Wildman–Crippen LogP) is 4.70. The van der Waals surface area contributed by atoms with E-state index < -0.39 is 0 Å². The summed E-state index contributed by atoms with van der Waals surface area (Å²) in [7, 11) is 0. The number of allylic oxidation sites excluding steroid dienone is 2. The average Bonchev–Trinajstić information content (AvgIpc) is 2.38. The van der Waals surface area contributed by atoms with Crippen molar-refractivity contribution in [2.24, 2.45) is 10.3 Å². The highest BCUT2D eigenvalue weighted by atomic mass is 15.6. The van der Waals surface area contributed by atoms with E-state index >= 15 is 0 Å². The number of nitrogens with zero attached hydrogens (tertiary/aromatic N) is 3. The van der Waals surface area contributed by atoms with Crippen LogP contribution in [0.5, 0.6) is 0 Å². The standard InChI is InChI=1S/C16H23N3/c1-14(2)19(15(3)4)18-17-13-9-8-12-16-10-6-5-7-11-16/h5-15H,1-4H3/b12-8+,13-9+,18-17?. The fourth-order valence-corrected chi connectivity index (χ4v) is 1.71. The molecule has 1 aromatic rings. The summed E-state index contributed by atoms with van der Waals surface area (Å²) in [5.74, 6) is 0. The Bertz CT molecular complexity index is 423. The molecule has 0 aliphatic rings. The number of hydrogen-bond acceptors (Lipinski definition) is 2. The molecular weight excluding hydrogens is 234 g/mol. The van der Waals surface area contributed by atoms with Gasteiger partial charge in [-0.2, -0.15) is 0 Å². The first-order valence-corrected chi connectivity index (χ1v) is 6.68. The molecule has 3 nitrogen and oxygen atoms in total. The van der Waals surface area contributed by atoms with Crippen molar-refractivity contribution in [3.05, 3.63) is 54.2 Å². The number of benzene rings is 1. The van der Waals surface area contributed by atoms with Crippen LogP contribution in [0.3, 0.4) is 0 Å². The number of hydrogen-bond donors (Lipinski definition) is 0. The maximum absolute atomic E-state index is 4.20. The Labute approximate surface area is 116 Å². The zero-order chi connectivity index (χ0) is 14.1. The zero-order valence-electron chi connectivity index (χ0n) is 12.2. The third kappa shape index (κ3) is 6.00. The van der Waals surface area contributed by atoms with Gasteiger partial charge < -0.3 is 0 Å². The van der Waals surface area contributed by atoms with Crippen LogP contribution in [-0.4, -0.2) is 17.1 Å². The summed E-state index contributed by atoms with van der Waals surface area (Å²) < 4.78 is 0. The van der Waals surface area contributed by atoms with Crippen molar-refractivity contribution in [3.8, 4) is 0 Å². The van der Waals surface area contributed by atoms with E-state index in [0.29, 0.717) is 12.1 Å². The van der Waals surface area contributed by atoms with Gasteiger partial charge in [0.1, 0.15) is 0 Å². The first kappa shape index (κ1) is 15.2. The molecule has 0 aromatic heterocycles. The largest absolute Gasteiger partial charge is 0.274 e. The minimum atomic E-state index is 0.358. The summed E-state index contributed by atoms with van der Waals surface area (Å²) in [5, 5.41) is 10.2. The highest BCUT2D eigenvalue weighted by Gasteiger charge is 2.09. The van der Waals surface area contributed by atoms with E-state index in [-0.39, 0.29) is 0 Å². The summed E-state index contributed by atoms with van der Waals surface area (Å²) in [6.07, 6.45) is 7.59. The molecule has 3 heteroatoms. The maximum Gasteiger partial charge on any atom is 0.0513 e. The van der Waals surface area contributed by atoms with E-state index in [1.54, 1.807) is 6.20 Å². The minimum absolute atomic E-state index is 0.358. The van der Waals surface area contributed by atoms with Gasteiger partial charge in [-0.3, -0.25) is 5.01 Å². The smallest absolute Gasteiger partial charge is 0.0513 e. The van der Waals surface area contributed by atoms with E-state index in [2.05, 4.69) is 50.2 Å². The van der Waals surface area contributed by atoms with E-state index in [9.17, 15) is 0 Å². The molecule has 0 saturated heterocycles. The van der Waals surface area contributed by atoms with Gasteiger partial charge in [0.25, 0.3) is 0 Å². The molecule has 0 heterocycles. The normalized spacial score (nSPS) is 12.5. The fraction of sp³-hybridized carbons (Fsp3) is 0.375. The molecule has 19 heavy (non-hydrogen) atoms. The van der Waals surface area contributed by atoms with Crippen LogP contribution in [0.15, 0.2) is 59.0 Å². The lowest BCUT2D eigenvalue weighted by Crippen LogP contribution is -2.31. The molecule has 1 aromatic carbocycles. The van der Waals surface area contributed by atoms with Crippen molar-refractivity contribution in [3.63, 3.8) is 0 Å². The van der Waals surface area contributed by atoms with Crippen molar-refractivity contribution >= 4 is 6.08 Å². The fourth-order valence-electron chi connectivity index (χ4n) is 1.71. The van der Waals surface area contributed by atoms with E-state index in [4.69, 9.17) is 0 Å². The van der Waals surface area contributed by atoms with Crippen LogP contribution >= 0.6 is 0 Å². The van der Waals surface area contributed by atoms with E-state index in [1.807, 2.05) is 41.4 Å². The Morgan fingerprint density at radius 2 is 1.58 bits per heavy atom. The summed E-state index contributed by atoms with van der Waals surface area (Å²) in [5.41, 5.74) is 1.18. The van der Waals surface area contributed by atoms with Crippen molar-refractivity contribution in [1.29, 1.82) is 0 Å². The molecule has 102 valence electrons. The highest BCUT2D eigenvalue weighted by Crippen LogP contribution is 2.06. The van der Waals surface area contributed by atoms with Crippen molar-refractivity contribution in [2.45, 2.75) is 39.8 Å². The number of rotatable bonds is 6. The topological polar surface area (TPSA) is 28.0 Å². The second-order valence-corrected chi connectivity index (χ2v) is 4.88. The lowest BCUT2D eigenvalue weighted by atomic mass is 10.2. The van der Waals surface area contributed by atoms with Gasteiger partial charge in [-0.1, -0.05) is 47.7 Å². The molecule has 0 aliphatic heterocycles. The van der Waals surface area contributed by atoms with Gasteiger partial charge in [-0.05, 0) is 39.3 Å². The van der Waals surface area contributed by atoms with Crippen LogP contribution < -0.4 is 0 Å². The van der Waals surface area contributed by atoms with Crippen LogP contribution in [0.2, 0.25) is 0 Å². The van der Waals surface area contributed by atoms with Crippen molar-refractivity contribution in [2.75, 3.05) is 0 Å². The lowest BCUT2D eigenvalue weighted by molar-refractivity contribution is 0.169. The second kappa shape index (κ2) is 8.25. The Morgan fingerprint density at radius 1 is 0.947 bits per heavy atom. The molecule has 0 fully saturated rings. The quantitative estimate of drug-likeness (QED) is 0.412. The van der Waals surface area contributed by atoms with Gasteiger partial charge in [-0.25, -0.2) is 0 Å². The summed E-state index contributed by atoms with van der Waals surface area (Å²) >= 11 is 0. The predicted molar refractivity (Wildman–Crippen MR) is 81.6 cm³/mol. The average molecular weight is 257 g/mol. The molecule has 0 amide bonds. The van der Waals surface area contributed by atoms with Gasteiger partial charge in [0.05, 0.1) is 6.20 Å². The molecule has 0 saturated carbocycles. The third-order valence-corrected chi connectivity index (χ3v) is 2.57. The van der Waals surface area contributed by atoms with Gasteiger partial charge in [0.15, 0.2) is 0 Å².